The number of amides is 2. The van der Waals surface area contributed by atoms with Gasteiger partial charge in [-0.15, -0.1) is 0 Å². The number of halogens is 2. The highest BCUT2D eigenvalue weighted by molar-refractivity contribution is 6.00. The lowest BCUT2D eigenvalue weighted by molar-refractivity contribution is -0.139. The van der Waals surface area contributed by atoms with Crippen molar-refractivity contribution >= 4 is 17.5 Å². The van der Waals surface area contributed by atoms with Gasteiger partial charge in [-0.2, -0.15) is 0 Å². The monoisotopic (exact) mass is 389 g/mol. The van der Waals surface area contributed by atoms with Crippen LogP contribution in [0.15, 0.2) is 30.6 Å². The number of anilines is 1. The van der Waals surface area contributed by atoms with Crippen LogP contribution in [0.4, 0.5) is 14.5 Å². The lowest BCUT2D eigenvalue weighted by atomic mass is 10.0. The summed E-state index contributed by atoms with van der Waals surface area (Å²) in [7, 11) is 1.87. The second kappa shape index (κ2) is 7.31. The number of nitrogens with one attached hydrogen (secondary N) is 1. The highest BCUT2D eigenvalue weighted by Gasteiger charge is 2.41. The van der Waals surface area contributed by atoms with Crippen molar-refractivity contribution in [2.24, 2.45) is 13.0 Å². The van der Waals surface area contributed by atoms with E-state index in [4.69, 9.17) is 0 Å². The first-order valence-electron chi connectivity index (χ1n) is 9.19. The van der Waals surface area contributed by atoms with Crippen LogP contribution >= 0.6 is 0 Å². The molecular weight excluding hydrogens is 368 g/mol. The molecule has 2 aliphatic heterocycles. The topological polar surface area (TPSA) is 70.5 Å². The molecule has 0 saturated carbocycles. The van der Waals surface area contributed by atoms with Crippen molar-refractivity contribution in [2.75, 3.05) is 31.1 Å². The van der Waals surface area contributed by atoms with E-state index in [0.717, 1.165) is 18.0 Å². The highest BCUT2D eigenvalue weighted by atomic mass is 19.1. The summed E-state index contributed by atoms with van der Waals surface area (Å²) in [5.41, 5.74) is 0.00246. The van der Waals surface area contributed by atoms with E-state index < -0.39 is 17.6 Å². The Hall–Kier alpha value is -2.81. The molecule has 2 aromatic rings. The van der Waals surface area contributed by atoms with Crippen LogP contribution < -0.4 is 10.2 Å². The van der Waals surface area contributed by atoms with Crippen molar-refractivity contribution in [1.82, 2.24) is 19.8 Å². The van der Waals surface area contributed by atoms with Gasteiger partial charge in [0.05, 0.1) is 11.6 Å². The van der Waals surface area contributed by atoms with E-state index in [9.17, 15) is 18.4 Å². The third-order valence-corrected chi connectivity index (χ3v) is 5.36. The lowest BCUT2D eigenvalue weighted by Gasteiger charge is -2.37. The van der Waals surface area contributed by atoms with E-state index in [-0.39, 0.29) is 36.5 Å². The normalized spacial score (nSPS) is 22.8. The number of imidazole rings is 1. The van der Waals surface area contributed by atoms with Gasteiger partial charge in [0.1, 0.15) is 23.5 Å². The van der Waals surface area contributed by atoms with Crippen molar-refractivity contribution in [3.8, 4) is 0 Å². The van der Waals surface area contributed by atoms with Crippen molar-refractivity contribution < 1.29 is 18.4 Å². The molecule has 0 spiro atoms. The Bertz CT molecular complexity index is 915. The van der Waals surface area contributed by atoms with E-state index in [2.05, 4.69) is 10.3 Å². The van der Waals surface area contributed by atoms with Gasteiger partial charge in [-0.05, 0) is 12.1 Å². The van der Waals surface area contributed by atoms with Crippen molar-refractivity contribution in [3.63, 3.8) is 0 Å². The Morgan fingerprint density at radius 1 is 1.32 bits per heavy atom. The molecule has 1 N–H and O–H groups in total. The summed E-state index contributed by atoms with van der Waals surface area (Å²) in [4.78, 5) is 33.0. The number of rotatable bonds is 3. The smallest absolute Gasteiger partial charge is 0.228 e. The maximum Gasteiger partial charge on any atom is 0.228 e. The average Bonchev–Trinajstić information content (AvgIpc) is 3.27. The number of hydrogen-bond acceptors (Lipinski definition) is 4. The zero-order chi connectivity index (χ0) is 19.8. The Labute approximate surface area is 160 Å². The van der Waals surface area contributed by atoms with E-state index in [1.165, 1.54) is 11.0 Å². The van der Waals surface area contributed by atoms with Gasteiger partial charge in [0.25, 0.3) is 0 Å². The number of benzene rings is 1. The maximum atomic E-state index is 14.1. The molecule has 2 unspecified atom stereocenters. The molecular formula is C19H21F2N5O2. The van der Waals surface area contributed by atoms with Gasteiger partial charge < -0.3 is 19.7 Å². The van der Waals surface area contributed by atoms with Crippen LogP contribution in [-0.4, -0.2) is 52.4 Å². The molecule has 0 radical (unpaired) electrons. The predicted octanol–water partition coefficient (Wildman–Crippen LogP) is 1.22. The minimum absolute atomic E-state index is 0.00246. The number of carbonyl (C=O) groups is 2. The SMILES string of the molecule is Cn1ccnc1C1CNCCN1C(=O)C1CC(=O)N(c2ccc(F)cc2F)C1. The van der Waals surface area contributed by atoms with Crippen LogP contribution in [0.2, 0.25) is 0 Å². The van der Waals surface area contributed by atoms with Gasteiger partial charge in [0, 0.05) is 58.1 Å². The van der Waals surface area contributed by atoms with E-state index in [1.54, 1.807) is 11.1 Å². The third-order valence-electron chi connectivity index (χ3n) is 5.36. The summed E-state index contributed by atoms with van der Waals surface area (Å²) in [5.74, 6) is -1.81. The van der Waals surface area contributed by atoms with Crippen molar-refractivity contribution in [2.45, 2.75) is 12.5 Å². The summed E-state index contributed by atoms with van der Waals surface area (Å²) in [5, 5.41) is 3.27. The lowest BCUT2D eigenvalue weighted by Crippen LogP contribution is -2.51. The van der Waals surface area contributed by atoms with Crippen LogP contribution in [0.25, 0.3) is 0 Å². The minimum Gasteiger partial charge on any atom is -0.336 e. The van der Waals surface area contributed by atoms with Gasteiger partial charge in [-0.1, -0.05) is 0 Å². The maximum absolute atomic E-state index is 14.1. The number of piperazine rings is 1. The van der Waals surface area contributed by atoms with Gasteiger partial charge in [-0.25, -0.2) is 13.8 Å². The number of carbonyl (C=O) groups excluding carboxylic acids is 2. The predicted molar refractivity (Wildman–Crippen MR) is 97.3 cm³/mol. The Morgan fingerprint density at radius 2 is 2.14 bits per heavy atom. The fraction of sp³-hybridized carbons (Fsp3) is 0.421. The summed E-state index contributed by atoms with van der Waals surface area (Å²) < 4.78 is 29.1. The Morgan fingerprint density at radius 3 is 2.86 bits per heavy atom. The number of nitrogens with zero attached hydrogens (tertiary/aromatic N) is 4. The summed E-state index contributed by atoms with van der Waals surface area (Å²) in [6, 6.07) is 2.85. The molecule has 2 amide bonds. The minimum atomic E-state index is -0.811. The molecule has 4 rings (SSSR count). The Kier molecular flexibility index (Phi) is 4.84. The molecule has 9 heteroatoms. The summed E-state index contributed by atoms with van der Waals surface area (Å²) in [6.07, 6.45) is 3.52. The second-order valence-corrected chi connectivity index (χ2v) is 7.15. The van der Waals surface area contributed by atoms with Gasteiger partial charge in [0.15, 0.2) is 0 Å². The van der Waals surface area contributed by atoms with Crippen LogP contribution in [-0.2, 0) is 16.6 Å². The molecule has 2 fully saturated rings. The first-order chi connectivity index (χ1) is 13.5. The van der Waals surface area contributed by atoms with E-state index in [0.29, 0.717) is 19.6 Å². The molecule has 2 atom stereocenters. The van der Waals surface area contributed by atoms with Crippen molar-refractivity contribution in [1.29, 1.82) is 0 Å². The van der Waals surface area contributed by atoms with Crippen LogP contribution in [0.5, 0.6) is 0 Å². The van der Waals surface area contributed by atoms with Crippen LogP contribution in [0.1, 0.15) is 18.3 Å². The molecule has 1 aromatic carbocycles. The van der Waals surface area contributed by atoms with Crippen molar-refractivity contribution in [3.05, 3.63) is 48.1 Å². The molecule has 2 aliphatic rings. The number of hydrogen-bond donors (Lipinski definition) is 1. The van der Waals surface area contributed by atoms with Gasteiger partial charge in [-0.3, -0.25) is 9.59 Å². The zero-order valence-electron chi connectivity index (χ0n) is 15.4. The fourth-order valence-corrected chi connectivity index (χ4v) is 3.94. The first kappa shape index (κ1) is 18.5. The summed E-state index contributed by atoms with van der Waals surface area (Å²) >= 11 is 0. The molecule has 1 aromatic heterocycles. The molecule has 148 valence electrons. The zero-order valence-corrected chi connectivity index (χ0v) is 15.4. The second-order valence-electron chi connectivity index (χ2n) is 7.15. The highest BCUT2D eigenvalue weighted by Crippen LogP contribution is 2.31. The standard InChI is InChI=1S/C19H21F2N5O2/c1-24-6-5-23-18(24)16-10-22-4-7-25(16)19(28)12-8-17(27)26(11-12)15-3-2-13(20)9-14(15)21/h2-3,5-6,9,12,16,22H,4,7-8,10-11H2,1H3. The first-order valence-corrected chi connectivity index (χ1v) is 9.19. The molecule has 3 heterocycles. The Balaban J connectivity index is 1.54. The van der Waals surface area contributed by atoms with E-state index in [1.807, 2.05) is 17.8 Å². The number of aryl methyl sites for hydroxylation is 1. The molecule has 7 nitrogen and oxygen atoms in total. The quantitative estimate of drug-likeness (QED) is 0.857. The van der Waals surface area contributed by atoms with Crippen LogP contribution in [0.3, 0.4) is 0 Å². The molecule has 2 saturated heterocycles. The molecule has 28 heavy (non-hydrogen) atoms. The number of aromatic nitrogens is 2. The average molecular weight is 389 g/mol. The molecule has 0 aliphatic carbocycles. The van der Waals surface area contributed by atoms with E-state index >= 15 is 0 Å². The van der Waals surface area contributed by atoms with Crippen LogP contribution in [0, 0.1) is 17.6 Å². The fourth-order valence-electron chi connectivity index (χ4n) is 3.94. The van der Waals surface area contributed by atoms with Gasteiger partial charge >= 0.3 is 0 Å². The third kappa shape index (κ3) is 3.26. The largest absolute Gasteiger partial charge is 0.336 e. The summed E-state index contributed by atoms with van der Waals surface area (Å²) in [6.45, 7) is 1.82. The molecule has 0 bridgehead atoms. The van der Waals surface area contributed by atoms with Gasteiger partial charge in [0.2, 0.25) is 11.8 Å².